The fraction of sp³-hybridized carbons (Fsp3) is 0.348. The predicted molar refractivity (Wildman–Crippen MR) is 118 cm³/mol. The summed E-state index contributed by atoms with van der Waals surface area (Å²) in [5.41, 5.74) is 1.54. The van der Waals surface area contributed by atoms with E-state index in [9.17, 15) is 13.2 Å². The molecule has 2 heterocycles. The fourth-order valence-corrected chi connectivity index (χ4v) is 5.25. The van der Waals surface area contributed by atoms with Crippen molar-refractivity contribution in [3.63, 3.8) is 0 Å². The number of fused-ring (bicyclic) bond motifs is 1. The van der Waals surface area contributed by atoms with Crippen molar-refractivity contribution in [2.75, 3.05) is 26.7 Å². The zero-order valence-corrected chi connectivity index (χ0v) is 18.4. The summed E-state index contributed by atoms with van der Waals surface area (Å²) in [6.07, 6.45) is 1.44. The van der Waals surface area contributed by atoms with Crippen LogP contribution in [0.5, 0.6) is 5.75 Å². The van der Waals surface area contributed by atoms with Crippen molar-refractivity contribution in [3.05, 3.63) is 59.9 Å². The second kappa shape index (κ2) is 8.72. The van der Waals surface area contributed by atoms with Crippen LogP contribution >= 0.6 is 0 Å². The molecule has 8 heteroatoms. The van der Waals surface area contributed by atoms with Crippen LogP contribution in [-0.4, -0.2) is 46.0 Å². The maximum Gasteiger partial charge on any atom is 0.289 e. The zero-order valence-electron chi connectivity index (χ0n) is 17.6. The standard InChI is InChI=1S/C23H26N2O5S/c1-16-7-8-20(29-2)22(13-16)31(27,28)24-15-17-9-11-25(12-10-17)23(26)21-14-18-5-3-4-6-19(18)30-21/h3-8,13-14,17,24H,9-12,15H2,1-2H3. The monoisotopic (exact) mass is 442 g/mol. The molecule has 4 rings (SSSR count). The van der Waals surface area contributed by atoms with Crippen LogP contribution in [0.3, 0.4) is 0 Å². The minimum absolute atomic E-state index is 0.125. The number of carbonyl (C=O) groups excluding carboxylic acids is 1. The molecular formula is C23H26N2O5S. The van der Waals surface area contributed by atoms with Crippen LogP contribution in [0.25, 0.3) is 11.0 Å². The maximum atomic E-state index is 12.8. The van der Waals surface area contributed by atoms with Crippen molar-refractivity contribution in [3.8, 4) is 5.75 Å². The third kappa shape index (κ3) is 4.60. The van der Waals surface area contributed by atoms with Gasteiger partial charge in [0.15, 0.2) is 5.76 Å². The Morgan fingerprint density at radius 3 is 2.61 bits per heavy atom. The Labute approximate surface area is 182 Å². The maximum absolute atomic E-state index is 12.8. The number of piperidine rings is 1. The second-order valence-corrected chi connectivity index (χ2v) is 9.63. The second-order valence-electron chi connectivity index (χ2n) is 7.89. The zero-order chi connectivity index (χ0) is 22.0. The van der Waals surface area contributed by atoms with Gasteiger partial charge in [0.2, 0.25) is 10.0 Å². The topological polar surface area (TPSA) is 88.9 Å². The molecule has 7 nitrogen and oxygen atoms in total. The minimum atomic E-state index is -3.68. The highest BCUT2D eigenvalue weighted by Gasteiger charge is 2.27. The van der Waals surface area contributed by atoms with Crippen LogP contribution in [0.15, 0.2) is 57.8 Å². The van der Waals surface area contributed by atoms with E-state index in [0.29, 0.717) is 36.7 Å². The number of para-hydroxylation sites is 1. The molecule has 1 N–H and O–H groups in total. The van der Waals surface area contributed by atoms with E-state index in [1.807, 2.05) is 37.3 Å². The van der Waals surface area contributed by atoms with Gasteiger partial charge in [-0.25, -0.2) is 13.1 Å². The number of benzene rings is 2. The van der Waals surface area contributed by atoms with Crippen LogP contribution in [0.1, 0.15) is 29.0 Å². The number of sulfonamides is 1. The van der Waals surface area contributed by atoms with Crippen molar-refractivity contribution in [1.29, 1.82) is 0 Å². The SMILES string of the molecule is COc1ccc(C)cc1S(=O)(=O)NCC1CCN(C(=O)c2cc3ccccc3o2)CC1. The lowest BCUT2D eigenvalue weighted by molar-refractivity contribution is 0.0662. The number of rotatable bonds is 6. The summed E-state index contributed by atoms with van der Waals surface area (Å²) in [7, 11) is -2.23. The number of nitrogens with zero attached hydrogens (tertiary/aromatic N) is 1. The number of furan rings is 1. The van der Waals surface area contributed by atoms with Gasteiger partial charge in [0, 0.05) is 25.0 Å². The van der Waals surface area contributed by atoms with E-state index < -0.39 is 10.0 Å². The predicted octanol–water partition coefficient (Wildman–Crippen LogP) is 3.58. The molecule has 0 unspecified atom stereocenters. The number of likely N-dealkylation sites (tertiary alicyclic amines) is 1. The molecule has 31 heavy (non-hydrogen) atoms. The molecule has 0 bridgehead atoms. The third-order valence-corrected chi connectivity index (χ3v) is 7.15. The Bertz CT molecular complexity index is 1160. The van der Waals surface area contributed by atoms with Crippen LogP contribution < -0.4 is 9.46 Å². The molecule has 2 aromatic carbocycles. The molecule has 0 radical (unpaired) electrons. The van der Waals surface area contributed by atoms with E-state index in [0.717, 1.165) is 23.8 Å². The van der Waals surface area contributed by atoms with Gasteiger partial charge in [0.1, 0.15) is 16.2 Å². The number of carbonyl (C=O) groups is 1. The molecule has 1 aliphatic heterocycles. The number of hydrogen-bond donors (Lipinski definition) is 1. The first-order valence-corrected chi connectivity index (χ1v) is 11.8. The Kier molecular flexibility index (Phi) is 6.02. The van der Waals surface area contributed by atoms with Crippen molar-refractivity contribution < 1.29 is 22.4 Å². The smallest absolute Gasteiger partial charge is 0.289 e. The number of nitrogens with one attached hydrogen (secondary N) is 1. The fourth-order valence-electron chi connectivity index (χ4n) is 3.88. The molecule has 164 valence electrons. The molecule has 1 aliphatic rings. The third-order valence-electron chi connectivity index (χ3n) is 5.71. The van der Waals surface area contributed by atoms with Gasteiger partial charge in [0.25, 0.3) is 5.91 Å². The molecule has 1 amide bonds. The Morgan fingerprint density at radius 1 is 1.16 bits per heavy atom. The Hall–Kier alpha value is -2.84. The summed E-state index contributed by atoms with van der Waals surface area (Å²) in [5, 5.41) is 0.904. The van der Waals surface area contributed by atoms with Gasteiger partial charge in [-0.1, -0.05) is 24.3 Å². The summed E-state index contributed by atoms with van der Waals surface area (Å²) in [6.45, 7) is 3.30. The van der Waals surface area contributed by atoms with E-state index in [4.69, 9.17) is 9.15 Å². The van der Waals surface area contributed by atoms with Crippen LogP contribution in [0, 0.1) is 12.8 Å². The van der Waals surface area contributed by atoms with Crippen LogP contribution in [-0.2, 0) is 10.0 Å². The molecule has 1 aromatic heterocycles. The number of amides is 1. The average Bonchev–Trinajstić information content (AvgIpc) is 3.22. The van der Waals surface area contributed by atoms with Gasteiger partial charge in [-0.2, -0.15) is 0 Å². The molecule has 3 aromatic rings. The van der Waals surface area contributed by atoms with Crippen molar-refractivity contribution >= 4 is 26.9 Å². The highest BCUT2D eigenvalue weighted by molar-refractivity contribution is 7.89. The first kappa shape index (κ1) is 21.4. The van der Waals surface area contributed by atoms with Crippen LogP contribution in [0.2, 0.25) is 0 Å². The Balaban J connectivity index is 1.35. The van der Waals surface area contributed by atoms with Crippen molar-refractivity contribution in [1.82, 2.24) is 9.62 Å². The first-order chi connectivity index (χ1) is 14.9. The molecule has 0 saturated carbocycles. The molecule has 0 aliphatic carbocycles. The highest BCUT2D eigenvalue weighted by atomic mass is 32.2. The van der Waals surface area contributed by atoms with E-state index in [-0.39, 0.29) is 16.7 Å². The summed E-state index contributed by atoms with van der Waals surface area (Å²) in [6, 6.07) is 14.4. The molecule has 0 atom stereocenters. The number of ether oxygens (including phenoxy) is 1. The number of hydrogen-bond acceptors (Lipinski definition) is 5. The quantitative estimate of drug-likeness (QED) is 0.630. The normalized spacial score (nSPS) is 15.4. The lowest BCUT2D eigenvalue weighted by atomic mass is 9.97. The van der Waals surface area contributed by atoms with Gasteiger partial charge in [-0.3, -0.25) is 4.79 Å². The molecule has 1 fully saturated rings. The van der Waals surface area contributed by atoms with E-state index in [1.54, 1.807) is 23.1 Å². The molecule has 1 saturated heterocycles. The van der Waals surface area contributed by atoms with E-state index in [1.165, 1.54) is 7.11 Å². The van der Waals surface area contributed by atoms with E-state index >= 15 is 0 Å². The first-order valence-electron chi connectivity index (χ1n) is 10.3. The summed E-state index contributed by atoms with van der Waals surface area (Å²) in [5.74, 6) is 0.696. The lowest BCUT2D eigenvalue weighted by Gasteiger charge is -2.31. The summed E-state index contributed by atoms with van der Waals surface area (Å²) in [4.78, 5) is 14.7. The molecular weight excluding hydrogens is 416 g/mol. The Morgan fingerprint density at radius 2 is 1.90 bits per heavy atom. The number of methoxy groups -OCH3 is 1. The van der Waals surface area contributed by atoms with Gasteiger partial charge in [-0.05, 0) is 55.5 Å². The van der Waals surface area contributed by atoms with Crippen LogP contribution in [0.4, 0.5) is 0 Å². The van der Waals surface area contributed by atoms with E-state index in [2.05, 4.69) is 4.72 Å². The summed E-state index contributed by atoms with van der Waals surface area (Å²) >= 11 is 0. The lowest BCUT2D eigenvalue weighted by Crippen LogP contribution is -2.41. The van der Waals surface area contributed by atoms with Crippen molar-refractivity contribution in [2.24, 2.45) is 5.92 Å². The minimum Gasteiger partial charge on any atom is -0.495 e. The largest absolute Gasteiger partial charge is 0.495 e. The highest BCUT2D eigenvalue weighted by Crippen LogP contribution is 2.26. The average molecular weight is 443 g/mol. The van der Waals surface area contributed by atoms with Gasteiger partial charge in [0.05, 0.1) is 7.11 Å². The summed E-state index contributed by atoms with van der Waals surface area (Å²) < 4.78 is 39.2. The number of aryl methyl sites for hydroxylation is 1. The molecule has 0 spiro atoms. The van der Waals surface area contributed by atoms with Gasteiger partial charge < -0.3 is 14.1 Å². The van der Waals surface area contributed by atoms with Gasteiger partial charge in [-0.15, -0.1) is 0 Å². The van der Waals surface area contributed by atoms with Crippen molar-refractivity contribution in [2.45, 2.75) is 24.7 Å². The van der Waals surface area contributed by atoms with Gasteiger partial charge >= 0.3 is 0 Å².